The first kappa shape index (κ1) is 26.4. The Bertz CT molecular complexity index is 1320. The molecule has 0 atom stereocenters. The number of piperidine rings is 2. The first-order valence-electron chi connectivity index (χ1n) is 13.7. The number of benzene rings is 1. The number of imidazole rings is 1. The lowest BCUT2D eigenvalue weighted by molar-refractivity contribution is 0.221. The molecule has 2 saturated heterocycles. The maximum atomic E-state index is 5.04. The van der Waals surface area contributed by atoms with Crippen LogP contribution in [0.2, 0.25) is 0 Å². The zero-order chi connectivity index (χ0) is 25.2. The fourth-order valence-corrected chi connectivity index (χ4v) is 5.91. The van der Waals surface area contributed by atoms with Crippen molar-refractivity contribution in [1.82, 2.24) is 34.6 Å². The molecule has 9 nitrogen and oxygen atoms in total. The van der Waals surface area contributed by atoms with Gasteiger partial charge >= 0.3 is 0 Å². The van der Waals surface area contributed by atoms with Crippen molar-refractivity contribution in [2.45, 2.75) is 52.1 Å². The second-order valence-electron chi connectivity index (χ2n) is 10.6. The first-order valence-corrected chi connectivity index (χ1v) is 13.7. The fraction of sp³-hybridized carbons (Fsp3) is 0.500. The molecule has 202 valence electrons. The summed E-state index contributed by atoms with van der Waals surface area (Å²) in [5.74, 6) is 3.28. The van der Waals surface area contributed by atoms with E-state index in [1.165, 1.54) is 38.8 Å². The van der Waals surface area contributed by atoms with E-state index in [0.717, 1.165) is 59.1 Å². The molecular formula is C28H38ClN9. The van der Waals surface area contributed by atoms with Gasteiger partial charge in [0.25, 0.3) is 0 Å². The Morgan fingerprint density at radius 1 is 1.00 bits per heavy atom. The van der Waals surface area contributed by atoms with E-state index in [1.54, 1.807) is 6.20 Å². The second-order valence-corrected chi connectivity index (χ2v) is 10.6. The summed E-state index contributed by atoms with van der Waals surface area (Å²) in [5, 5.41) is 11.5. The molecule has 0 saturated carbocycles. The highest BCUT2D eigenvalue weighted by Crippen LogP contribution is 2.33. The normalized spacial score (nSPS) is 17.2. The molecule has 10 heteroatoms. The van der Waals surface area contributed by atoms with E-state index < -0.39 is 0 Å². The van der Waals surface area contributed by atoms with Crippen LogP contribution in [0, 0.1) is 11.8 Å². The molecular weight excluding hydrogens is 498 g/mol. The first-order chi connectivity index (χ1) is 18.2. The topological polar surface area (TPSA) is 88.7 Å². The van der Waals surface area contributed by atoms with Gasteiger partial charge in [-0.25, -0.2) is 9.67 Å². The number of halogens is 1. The number of nitrogens with zero attached hydrogens (tertiary/aromatic N) is 7. The van der Waals surface area contributed by atoms with Gasteiger partial charge in [-0.2, -0.15) is 15.1 Å². The van der Waals surface area contributed by atoms with Gasteiger partial charge in [0.1, 0.15) is 0 Å². The Morgan fingerprint density at radius 2 is 1.76 bits per heavy atom. The Balaban J connectivity index is 0.00000294. The van der Waals surface area contributed by atoms with E-state index in [4.69, 9.17) is 15.0 Å². The van der Waals surface area contributed by atoms with Gasteiger partial charge in [0.15, 0.2) is 17.0 Å². The largest absolute Gasteiger partial charge is 0.364 e. The summed E-state index contributed by atoms with van der Waals surface area (Å²) < 4.78 is 4.04. The predicted octanol–water partition coefficient (Wildman–Crippen LogP) is 4.84. The molecule has 0 bridgehead atoms. The standard InChI is InChI=1S/C28H37N9.ClH/c1-20(2)36-19-31-25-26(30-18-23-6-3-4-7-24(23)37-15-5-12-32-37)33-28(34-27(25)36)35-16-10-22(11-17-35)21-8-13-29-14-9-21;/h3-7,12,15,19-22,29H,8-11,13-14,16-18H2,1-2H3,(H,30,33,34);1H. The van der Waals surface area contributed by atoms with Gasteiger partial charge in [-0.1, -0.05) is 18.2 Å². The molecule has 2 aliphatic heterocycles. The quantitative estimate of drug-likeness (QED) is 0.350. The molecule has 2 aliphatic rings. The van der Waals surface area contributed by atoms with E-state index in [-0.39, 0.29) is 18.4 Å². The molecule has 2 fully saturated rings. The van der Waals surface area contributed by atoms with Crippen LogP contribution >= 0.6 is 12.4 Å². The summed E-state index contributed by atoms with van der Waals surface area (Å²) in [6.07, 6.45) is 10.7. The Morgan fingerprint density at radius 3 is 2.50 bits per heavy atom. The van der Waals surface area contributed by atoms with Gasteiger partial charge in [-0.15, -0.1) is 12.4 Å². The molecule has 38 heavy (non-hydrogen) atoms. The SMILES string of the molecule is CC(C)n1cnc2c(NCc3ccccc3-n3cccn3)nc(N3CCC(C4CCNCC4)CC3)nc21.Cl. The lowest BCUT2D eigenvalue weighted by Gasteiger charge is -2.37. The summed E-state index contributed by atoms with van der Waals surface area (Å²) in [7, 11) is 0. The van der Waals surface area contributed by atoms with Crippen LogP contribution in [0.3, 0.4) is 0 Å². The molecule has 0 unspecified atom stereocenters. The van der Waals surface area contributed by atoms with Crippen molar-refractivity contribution < 1.29 is 0 Å². The van der Waals surface area contributed by atoms with E-state index in [0.29, 0.717) is 6.54 Å². The number of hydrogen-bond acceptors (Lipinski definition) is 7. The summed E-state index contributed by atoms with van der Waals surface area (Å²) in [5.41, 5.74) is 3.91. The zero-order valence-corrected chi connectivity index (χ0v) is 23.1. The van der Waals surface area contributed by atoms with Gasteiger partial charge in [0.05, 0.1) is 12.0 Å². The smallest absolute Gasteiger partial charge is 0.229 e. The highest BCUT2D eigenvalue weighted by molar-refractivity contribution is 5.85. The zero-order valence-electron chi connectivity index (χ0n) is 22.3. The van der Waals surface area contributed by atoms with Crippen LogP contribution < -0.4 is 15.5 Å². The highest BCUT2D eigenvalue weighted by Gasteiger charge is 2.29. The number of fused-ring (bicyclic) bond motifs is 1. The molecule has 0 spiro atoms. The summed E-state index contributed by atoms with van der Waals surface area (Å²) in [6.45, 7) is 9.31. The Kier molecular flexibility index (Phi) is 8.14. The van der Waals surface area contributed by atoms with E-state index in [9.17, 15) is 0 Å². The maximum Gasteiger partial charge on any atom is 0.229 e. The molecule has 1 aromatic carbocycles. The summed E-state index contributed by atoms with van der Waals surface area (Å²) >= 11 is 0. The minimum atomic E-state index is 0. The van der Waals surface area contributed by atoms with Crippen molar-refractivity contribution in [2.24, 2.45) is 11.8 Å². The molecule has 0 radical (unpaired) electrons. The molecule has 4 aromatic rings. The van der Waals surface area contributed by atoms with Crippen LogP contribution in [-0.4, -0.2) is 55.5 Å². The average Bonchev–Trinajstić information content (AvgIpc) is 3.63. The van der Waals surface area contributed by atoms with Gasteiger partial charge in [-0.3, -0.25) is 0 Å². The summed E-state index contributed by atoms with van der Waals surface area (Å²) in [6, 6.07) is 10.5. The van der Waals surface area contributed by atoms with Crippen LogP contribution in [0.15, 0.2) is 49.1 Å². The van der Waals surface area contributed by atoms with Crippen LogP contribution in [0.5, 0.6) is 0 Å². The van der Waals surface area contributed by atoms with Crippen LogP contribution in [0.4, 0.5) is 11.8 Å². The molecule has 0 amide bonds. The van der Waals surface area contributed by atoms with E-state index >= 15 is 0 Å². The van der Waals surface area contributed by atoms with Gasteiger partial charge in [0.2, 0.25) is 5.95 Å². The lowest BCUT2D eigenvalue weighted by Crippen LogP contribution is -2.40. The minimum absolute atomic E-state index is 0. The number of anilines is 2. The van der Waals surface area contributed by atoms with Crippen molar-refractivity contribution in [1.29, 1.82) is 0 Å². The third kappa shape index (κ3) is 5.35. The van der Waals surface area contributed by atoms with Gasteiger partial charge in [-0.05, 0) is 82.2 Å². The van der Waals surface area contributed by atoms with Gasteiger partial charge in [0, 0.05) is 38.1 Å². The number of para-hydroxylation sites is 1. The number of aromatic nitrogens is 6. The molecule has 5 heterocycles. The lowest BCUT2D eigenvalue weighted by atomic mass is 9.79. The number of hydrogen-bond donors (Lipinski definition) is 2. The van der Waals surface area contributed by atoms with E-state index in [2.05, 4.69) is 57.2 Å². The molecule has 3 aromatic heterocycles. The van der Waals surface area contributed by atoms with Crippen molar-refractivity contribution in [3.05, 3.63) is 54.6 Å². The van der Waals surface area contributed by atoms with Crippen molar-refractivity contribution in [2.75, 3.05) is 36.4 Å². The second kappa shape index (κ2) is 11.7. The van der Waals surface area contributed by atoms with Crippen LogP contribution in [-0.2, 0) is 6.54 Å². The molecule has 6 rings (SSSR count). The van der Waals surface area contributed by atoms with Crippen LogP contribution in [0.25, 0.3) is 16.9 Å². The van der Waals surface area contributed by atoms with Gasteiger partial charge < -0.3 is 20.1 Å². The molecule has 0 aliphatic carbocycles. The monoisotopic (exact) mass is 535 g/mol. The van der Waals surface area contributed by atoms with Crippen LogP contribution in [0.1, 0.15) is 51.1 Å². The third-order valence-corrected chi connectivity index (χ3v) is 8.03. The summed E-state index contributed by atoms with van der Waals surface area (Å²) in [4.78, 5) is 17.2. The average molecular weight is 536 g/mol. The molecule has 2 N–H and O–H groups in total. The Labute approximate surface area is 230 Å². The van der Waals surface area contributed by atoms with E-state index in [1.807, 2.05) is 29.3 Å². The van der Waals surface area contributed by atoms with Crippen molar-refractivity contribution in [3.63, 3.8) is 0 Å². The predicted molar refractivity (Wildman–Crippen MR) is 154 cm³/mol. The maximum absolute atomic E-state index is 5.04. The van der Waals surface area contributed by atoms with Crippen molar-refractivity contribution >= 4 is 35.3 Å². The Hall–Kier alpha value is -3.17. The highest BCUT2D eigenvalue weighted by atomic mass is 35.5. The number of rotatable bonds is 7. The van der Waals surface area contributed by atoms with Crippen molar-refractivity contribution in [3.8, 4) is 5.69 Å². The fourth-order valence-electron chi connectivity index (χ4n) is 5.91. The third-order valence-electron chi connectivity index (χ3n) is 8.03. The minimum Gasteiger partial charge on any atom is -0.364 e. The number of nitrogens with one attached hydrogen (secondary N) is 2.